The van der Waals surface area contributed by atoms with Crippen LogP contribution in [0.4, 0.5) is 5.13 Å². The molecular weight excluding hydrogens is 254 g/mol. The highest BCUT2D eigenvalue weighted by Crippen LogP contribution is 2.26. The Labute approximate surface area is 122 Å². The summed E-state index contributed by atoms with van der Waals surface area (Å²) in [4.78, 5) is 8.46. The van der Waals surface area contributed by atoms with E-state index in [0.29, 0.717) is 11.8 Å². The Kier molecular flexibility index (Phi) is 6.80. The van der Waals surface area contributed by atoms with Gasteiger partial charge in [0.25, 0.3) is 0 Å². The summed E-state index contributed by atoms with van der Waals surface area (Å²) in [7, 11) is 2.14. The maximum Gasteiger partial charge on any atom is 0.185 e. The first-order valence-corrected chi connectivity index (χ1v) is 8.16. The molecule has 19 heavy (non-hydrogen) atoms. The quantitative estimate of drug-likeness (QED) is 0.791. The summed E-state index contributed by atoms with van der Waals surface area (Å²) in [5, 5.41) is 4.68. The highest BCUT2D eigenvalue weighted by atomic mass is 32.1. The van der Waals surface area contributed by atoms with Crippen molar-refractivity contribution in [2.75, 3.05) is 25.0 Å². The fourth-order valence-electron chi connectivity index (χ4n) is 2.05. The van der Waals surface area contributed by atoms with Crippen molar-refractivity contribution in [2.24, 2.45) is 11.8 Å². The minimum Gasteiger partial charge on any atom is -0.351 e. The molecule has 4 heteroatoms. The number of nitrogens with one attached hydrogen (secondary N) is 1. The normalized spacial score (nSPS) is 11.6. The molecule has 0 aromatic carbocycles. The van der Waals surface area contributed by atoms with Gasteiger partial charge in [-0.05, 0) is 24.8 Å². The SMILES string of the molecule is CCc1nc(N(C)CC(C)C)sc1CNCC(C)C. The van der Waals surface area contributed by atoms with E-state index in [-0.39, 0.29) is 0 Å². The van der Waals surface area contributed by atoms with Crippen molar-refractivity contribution in [3.8, 4) is 0 Å². The third-order valence-corrected chi connectivity index (χ3v) is 4.12. The van der Waals surface area contributed by atoms with Crippen molar-refractivity contribution < 1.29 is 0 Å². The largest absolute Gasteiger partial charge is 0.351 e. The summed E-state index contributed by atoms with van der Waals surface area (Å²) in [6.07, 6.45) is 1.02. The minimum atomic E-state index is 0.668. The summed E-state index contributed by atoms with van der Waals surface area (Å²) < 4.78 is 0. The van der Waals surface area contributed by atoms with E-state index in [0.717, 1.165) is 31.2 Å². The maximum atomic E-state index is 4.78. The number of aromatic nitrogens is 1. The summed E-state index contributed by atoms with van der Waals surface area (Å²) in [5.74, 6) is 1.36. The Hall–Kier alpha value is -0.610. The van der Waals surface area contributed by atoms with Crippen LogP contribution in [0.15, 0.2) is 0 Å². The smallest absolute Gasteiger partial charge is 0.185 e. The average molecular weight is 283 g/mol. The van der Waals surface area contributed by atoms with Crippen LogP contribution < -0.4 is 10.2 Å². The standard InChI is InChI=1S/C15H29N3S/c1-7-13-14(9-16-8-11(2)3)19-15(17-13)18(6)10-12(4)5/h11-12,16H,7-10H2,1-6H3. The van der Waals surface area contributed by atoms with Gasteiger partial charge in [0.2, 0.25) is 0 Å². The summed E-state index contributed by atoms with van der Waals surface area (Å²) in [5.41, 5.74) is 1.26. The van der Waals surface area contributed by atoms with Gasteiger partial charge in [-0.2, -0.15) is 0 Å². The van der Waals surface area contributed by atoms with Crippen molar-refractivity contribution in [3.63, 3.8) is 0 Å². The Bertz CT molecular complexity index is 371. The zero-order valence-electron chi connectivity index (χ0n) is 13.3. The number of rotatable bonds is 8. The van der Waals surface area contributed by atoms with Crippen molar-refractivity contribution in [1.29, 1.82) is 0 Å². The lowest BCUT2D eigenvalue weighted by molar-refractivity contribution is 0.553. The number of anilines is 1. The number of thiazole rings is 1. The van der Waals surface area contributed by atoms with Crippen molar-refractivity contribution in [2.45, 2.75) is 47.6 Å². The Morgan fingerprint density at radius 2 is 1.89 bits per heavy atom. The van der Waals surface area contributed by atoms with Gasteiger partial charge in [0.15, 0.2) is 5.13 Å². The molecule has 0 radical (unpaired) electrons. The molecule has 0 aliphatic rings. The van der Waals surface area contributed by atoms with Crippen molar-refractivity contribution in [3.05, 3.63) is 10.6 Å². The Morgan fingerprint density at radius 1 is 1.21 bits per heavy atom. The first-order chi connectivity index (χ1) is 8.93. The van der Waals surface area contributed by atoms with Gasteiger partial charge in [0.1, 0.15) is 0 Å². The number of hydrogen-bond acceptors (Lipinski definition) is 4. The molecule has 0 saturated carbocycles. The number of aryl methyl sites for hydroxylation is 1. The molecule has 0 unspecified atom stereocenters. The predicted molar refractivity (Wildman–Crippen MR) is 86.1 cm³/mol. The number of hydrogen-bond donors (Lipinski definition) is 1. The topological polar surface area (TPSA) is 28.2 Å². The van der Waals surface area contributed by atoms with Crippen LogP contribution in [0.2, 0.25) is 0 Å². The lowest BCUT2D eigenvalue weighted by Crippen LogP contribution is -2.22. The molecule has 0 fully saturated rings. The first-order valence-electron chi connectivity index (χ1n) is 7.34. The molecule has 1 rings (SSSR count). The molecule has 0 aliphatic carbocycles. The van der Waals surface area contributed by atoms with Crippen molar-refractivity contribution in [1.82, 2.24) is 10.3 Å². The van der Waals surface area contributed by atoms with Gasteiger partial charge in [0, 0.05) is 25.0 Å². The Balaban J connectivity index is 2.68. The van der Waals surface area contributed by atoms with Gasteiger partial charge in [-0.3, -0.25) is 0 Å². The van der Waals surface area contributed by atoms with E-state index in [1.807, 2.05) is 11.3 Å². The molecule has 1 heterocycles. The van der Waals surface area contributed by atoms with Gasteiger partial charge in [-0.1, -0.05) is 34.6 Å². The highest BCUT2D eigenvalue weighted by molar-refractivity contribution is 7.15. The van der Waals surface area contributed by atoms with E-state index in [9.17, 15) is 0 Å². The second-order valence-electron chi connectivity index (χ2n) is 6.02. The monoisotopic (exact) mass is 283 g/mol. The zero-order valence-corrected chi connectivity index (χ0v) is 14.1. The van der Waals surface area contributed by atoms with Crippen LogP contribution in [0.25, 0.3) is 0 Å². The molecule has 3 nitrogen and oxygen atoms in total. The van der Waals surface area contributed by atoms with Gasteiger partial charge < -0.3 is 10.2 Å². The molecule has 1 aromatic heterocycles. The second kappa shape index (κ2) is 7.85. The zero-order chi connectivity index (χ0) is 14.4. The Morgan fingerprint density at radius 3 is 2.42 bits per heavy atom. The lowest BCUT2D eigenvalue weighted by Gasteiger charge is -2.17. The van der Waals surface area contributed by atoms with Gasteiger partial charge in [-0.25, -0.2) is 4.98 Å². The van der Waals surface area contributed by atoms with Crippen LogP contribution in [0.5, 0.6) is 0 Å². The molecule has 0 spiro atoms. The van der Waals surface area contributed by atoms with Gasteiger partial charge >= 0.3 is 0 Å². The van der Waals surface area contributed by atoms with Gasteiger partial charge in [-0.15, -0.1) is 11.3 Å². The van der Waals surface area contributed by atoms with Crippen LogP contribution in [0, 0.1) is 11.8 Å². The molecule has 0 atom stereocenters. The van der Waals surface area contributed by atoms with E-state index < -0.39 is 0 Å². The van der Waals surface area contributed by atoms with E-state index in [1.54, 1.807) is 0 Å². The van der Waals surface area contributed by atoms with Gasteiger partial charge in [0.05, 0.1) is 5.69 Å². The third kappa shape index (κ3) is 5.49. The van der Waals surface area contributed by atoms with E-state index in [1.165, 1.54) is 10.6 Å². The fourth-order valence-corrected chi connectivity index (χ4v) is 3.14. The van der Waals surface area contributed by atoms with E-state index in [4.69, 9.17) is 4.98 Å². The van der Waals surface area contributed by atoms with Crippen LogP contribution in [-0.4, -0.2) is 25.1 Å². The second-order valence-corrected chi connectivity index (χ2v) is 7.08. The molecule has 1 aromatic rings. The molecular formula is C15H29N3S. The first kappa shape index (κ1) is 16.4. The van der Waals surface area contributed by atoms with Crippen LogP contribution >= 0.6 is 11.3 Å². The van der Waals surface area contributed by atoms with E-state index in [2.05, 4.69) is 51.9 Å². The van der Waals surface area contributed by atoms with Crippen molar-refractivity contribution >= 4 is 16.5 Å². The summed E-state index contributed by atoms with van der Waals surface area (Å²) >= 11 is 1.84. The molecule has 0 bridgehead atoms. The van der Waals surface area contributed by atoms with Crippen LogP contribution in [-0.2, 0) is 13.0 Å². The van der Waals surface area contributed by atoms with Crippen LogP contribution in [0.3, 0.4) is 0 Å². The van der Waals surface area contributed by atoms with Crippen LogP contribution in [0.1, 0.15) is 45.2 Å². The summed E-state index contributed by atoms with van der Waals surface area (Å²) in [6, 6.07) is 0. The molecule has 0 saturated heterocycles. The summed E-state index contributed by atoms with van der Waals surface area (Å²) in [6.45, 7) is 14.2. The lowest BCUT2D eigenvalue weighted by atomic mass is 10.2. The molecule has 110 valence electrons. The third-order valence-electron chi connectivity index (χ3n) is 2.91. The molecule has 0 aliphatic heterocycles. The fraction of sp³-hybridized carbons (Fsp3) is 0.800. The minimum absolute atomic E-state index is 0.668. The average Bonchev–Trinajstić information content (AvgIpc) is 2.71. The highest BCUT2D eigenvalue weighted by Gasteiger charge is 2.13. The molecule has 0 amide bonds. The maximum absolute atomic E-state index is 4.78. The predicted octanol–water partition coefficient (Wildman–Crippen LogP) is 3.54. The number of nitrogens with zero attached hydrogens (tertiary/aromatic N) is 2. The molecule has 1 N–H and O–H groups in total. The van der Waals surface area contributed by atoms with E-state index >= 15 is 0 Å².